The molecular formula is C24H23F2N5O2. The number of nitrogens with one attached hydrogen (secondary N) is 1. The number of hydrogen-bond donors (Lipinski definition) is 2. The summed E-state index contributed by atoms with van der Waals surface area (Å²) in [6, 6.07) is 8.92. The zero-order valence-corrected chi connectivity index (χ0v) is 18.5. The second-order valence-corrected chi connectivity index (χ2v) is 8.75. The molecule has 1 aliphatic heterocycles. The number of aryl methyl sites for hydroxylation is 1. The Labute approximate surface area is 189 Å². The standard InChI is InChI=1S/C24H23F2N5O2/c1-13-28-21(20-22(29-13)31-23(30-20)33-12-24(31,2)3)27-10-9-14-7-8-18(32)15(11-14)19-16(25)5-4-6-17(19)26/h4-8,11,32H,9-10,12H2,1-3H3,(H,27,28,29). The van der Waals surface area contributed by atoms with Gasteiger partial charge in [0.15, 0.2) is 17.0 Å². The average molecular weight is 451 g/mol. The van der Waals surface area contributed by atoms with Crippen LogP contribution in [-0.4, -0.2) is 37.8 Å². The van der Waals surface area contributed by atoms with Gasteiger partial charge in [-0.1, -0.05) is 12.1 Å². The number of anilines is 1. The highest BCUT2D eigenvalue weighted by atomic mass is 19.1. The molecule has 1 aliphatic rings. The fourth-order valence-electron chi connectivity index (χ4n) is 4.14. The third-order valence-corrected chi connectivity index (χ3v) is 5.75. The van der Waals surface area contributed by atoms with Crippen molar-refractivity contribution in [3.8, 4) is 22.9 Å². The molecular weight excluding hydrogens is 428 g/mol. The molecule has 2 aromatic carbocycles. The molecule has 0 atom stereocenters. The van der Waals surface area contributed by atoms with Gasteiger partial charge in [0.05, 0.1) is 11.1 Å². The normalized spacial score (nSPS) is 14.3. The molecule has 33 heavy (non-hydrogen) atoms. The third kappa shape index (κ3) is 3.63. The molecule has 0 bridgehead atoms. The van der Waals surface area contributed by atoms with Crippen molar-refractivity contribution in [2.45, 2.75) is 32.7 Å². The lowest BCUT2D eigenvalue weighted by Gasteiger charge is -2.18. The lowest BCUT2D eigenvalue weighted by Crippen LogP contribution is -2.26. The number of aromatic nitrogens is 4. The molecule has 9 heteroatoms. The fraction of sp³-hybridized carbons (Fsp3) is 0.292. The highest BCUT2D eigenvalue weighted by molar-refractivity contribution is 5.84. The fourth-order valence-corrected chi connectivity index (χ4v) is 4.14. The molecule has 170 valence electrons. The van der Waals surface area contributed by atoms with Crippen LogP contribution in [0.3, 0.4) is 0 Å². The van der Waals surface area contributed by atoms with Crippen molar-refractivity contribution in [2.24, 2.45) is 0 Å². The number of ether oxygens (including phenoxy) is 1. The lowest BCUT2D eigenvalue weighted by atomic mass is 9.99. The van der Waals surface area contributed by atoms with E-state index >= 15 is 0 Å². The van der Waals surface area contributed by atoms with E-state index < -0.39 is 11.6 Å². The predicted octanol–water partition coefficient (Wildman–Crippen LogP) is 4.57. The van der Waals surface area contributed by atoms with Gasteiger partial charge in [-0.3, -0.25) is 4.57 Å². The molecule has 0 spiro atoms. The van der Waals surface area contributed by atoms with Gasteiger partial charge in [0.25, 0.3) is 6.01 Å². The van der Waals surface area contributed by atoms with Crippen molar-refractivity contribution in [1.82, 2.24) is 19.5 Å². The van der Waals surface area contributed by atoms with Crippen molar-refractivity contribution in [2.75, 3.05) is 18.5 Å². The molecule has 2 aromatic heterocycles. The first-order valence-corrected chi connectivity index (χ1v) is 10.6. The van der Waals surface area contributed by atoms with Gasteiger partial charge in [0, 0.05) is 12.1 Å². The van der Waals surface area contributed by atoms with Gasteiger partial charge < -0.3 is 15.2 Å². The van der Waals surface area contributed by atoms with Crippen LogP contribution < -0.4 is 10.1 Å². The number of fused-ring (bicyclic) bond motifs is 3. The number of hydrogen-bond acceptors (Lipinski definition) is 6. The summed E-state index contributed by atoms with van der Waals surface area (Å²) < 4.78 is 36.2. The van der Waals surface area contributed by atoms with Crippen molar-refractivity contribution in [1.29, 1.82) is 0 Å². The Morgan fingerprint density at radius 2 is 1.88 bits per heavy atom. The SMILES string of the molecule is Cc1nc(NCCc2ccc(O)c(-c3c(F)cccc3F)c2)c2nc3n(c2n1)C(C)(C)CO3. The van der Waals surface area contributed by atoms with Crippen LogP contribution in [0.5, 0.6) is 11.8 Å². The van der Waals surface area contributed by atoms with Crippen LogP contribution in [0.15, 0.2) is 36.4 Å². The number of halogens is 2. The van der Waals surface area contributed by atoms with Gasteiger partial charge in [-0.2, -0.15) is 4.98 Å². The maximum absolute atomic E-state index is 14.2. The first kappa shape index (κ1) is 21.1. The zero-order chi connectivity index (χ0) is 23.3. The van der Waals surface area contributed by atoms with Gasteiger partial charge >= 0.3 is 0 Å². The Morgan fingerprint density at radius 1 is 1.12 bits per heavy atom. The summed E-state index contributed by atoms with van der Waals surface area (Å²) in [5.74, 6) is -0.427. The number of nitrogens with zero attached hydrogens (tertiary/aromatic N) is 4. The van der Waals surface area contributed by atoms with E-state index in [-0.39, 0.29) is 22.4 Å². The van der Waals surface area contributed by atoms with Crippen molar-refractivity contribution in [3.05, 3.63) is 59.4 Å². The minimum atomic E-state index is -0.725. The van der Waals surface area contributed by atoms with Gasteiger partial charge in [-0.15, -0.1) is 0 Å². The summed E-state index contributed by atoms with van der Waals surface area (Å²) in [6.07, 6.45) is 0.531. The van der Waals surface area contributed by atoms with Crippen LogP contribution in [0.1, 0.15) is 25.2 Å². The second kappa shape index (κ2) is 7.68. The van der Waals surface area contributed by atoms with E-state index in [1.54, 1.807) is 12.1 Å². The van der Waals surface area contributed by atoms with E-state index in [0.29, 0.717) is 48.4 Å². The number of rotatable bonds is 5. The van der Waals surface area contributed by atoms with Crippen molar-refractivity contribution in [3.63, 3.8) is 0 Å². The minimum Gasteiger partial charge on any atom is -0.507 e. The summed E-state index contributed by atoms with van der Waals surface area (Å²) in [6.45, 7) is 6.97. The number of phenolic OH excluding ortho intramolecular Hbond substituents is 1. The second-order valence-electron chi connectivity index (χ2n) is 8.75. The molecule has 0 aliphatic carbocycles. The molecule has 0 amide bonds. The van der Waals surface area contributed by atoms with Crippen molar-refractivity contribution >= 4 is 17.0 Å². The van der Waals surface area contributed by atoms with Crippen LogP contribution in [0, 0.1) is 18.6 Å². The molecule has 2 N–H and O–H groups in total. The minimum absolute atomic E-state index is 0.119. The first-order valence-electron chi connectivity index (χ1n) is 10.6. The van der Waals surface area contributed by atoms with E-state index in [4.69, 9.17) is 4.74 Å². The first-order chi connectivity index (χ1) is 15.7. The Morgan fingerprint density at radius 3 is 2.64 bits per heavy atom. The van der Waals surface area contributed by atoms with Crippen LogP contribution in [-0.2, 0) is 12.0 Å². The highest BCUT2D eigenvalue weighted by Crippen LogP contribution is 2.36. The topological polar surface area (TPSA) is 85.1 Å². The number of aromatic hydroxyl groups is 1. The summed E-state index contributed by atoms with van der Waals surface area (Å²) >= 11 is 0. The highest BCUT2D eigenvalue weighted by Gasteiger charge is 2.35. The van der Waals surface area contributed by atoms with Gasteiger partial charge in [-0.25, -0.2) is 18.7 Å². The largest absolute Gasteiger partial charge is 0.507 e. The summed E-state index contributed by atoms with van der Waals surface area (Å²) in [7, 11) is 0. The van der Waals surface area contributed by atoms with E-state index in [9.17, 15) is 13.9 Å². The third-order valence-electron chi connectivity index (χ3n) is 5.75. The molecule has 0 unspecified atom stereocenters. The quantitative estimate of drug-likeness (QED) is 0.463. The van der Waals surface area contributed by atoms with E-state index in [0.717, 1.165) is 5.56 Å². The number of phenols is 1. The smallest absolute Gasteiger partial charge is 0.299 e. The van der Waals surface area contributed by atoms with Crippen molar-refractivity contribution < 1.29 is 18.6 Å². The molecule has 0 saturated heterocycles. The van der Waals surface area contributed by atoms with Crippen LogP contribution >= 0.6 is 0 Å². The molecule has 7 nitrogen and oxygen atoms in total. The van der Waals surface area contributed by atoms with Crippen LogP contribution in [0.25, 0.3) is 22.3 Å². The summed E-state index contributed by atoms with van der Waals surface area (Å²) in [4.78, 5) is 13.7. The Balaban J connectivity index is 1.40. The molecule has 0 radical (unpaired) electrons. The molecule has 4 aromatic rings. The van der Waals surface area contributed by atoms with Gasteiger partial charge in [0.2, 0.25) is 0 Å². The average Bonchev–Trinajstić information content (AvgIpc) is 3.27. The zero-order valence-electron chi connectivity index (χ0n) is 18.5. The Bertz CT molecular complexity index is 1360. The van der Waals surface area contributed by atoms with Gasteiger partial charge in [0.1, 0.15) is 29.8 Å². The maximum atomic E-state index is 14.2. The van der Waals surface area contributed by atoms with Gasteiger partial charge in [-0.05, 0) is 57.0 Å². The molecule has 5 rings (SSSR count). The lowest BCUT2D eigenvalue weighted by molar-refractivity contribution is 0.268. The Kier molecular flexibility index (Phi) is 4.92. The molecule has 3 heterocycles. The Hall–Kier alpha value is -3.75. The predicted molar refractivity (Wildman–Crippen MR) is 121 cm³/mol. The van der Waals surface area contributed by atoms with Crippen LogP contribution in [0.2, 0.25) is 0 Å². The van der Waals surface area contributed by atoms with Crippen LogP contribution in [0.4, 0.5) is 14.6 Å². The number of imidazole rings is 1. The number of benzene rings is 2. The summed E-state index contributed by atoms with van der Waals surface area (Å²) in [5, 5.41) is 13.5. The monoisotopic (exact) mass is 451 g/mol. The summed E-state index contributed by atoms with van der Waals surface area (Å²) in [5.41, 5.74) is 1.76. The molecule has 0 fully saturated rings. The maximum Gasteiger partial charge on any atom is 0.299 e. The van der Waals surface area contributed by atoms with E-state index in [2.05, 4.69) is 34.1 Å². The van der Waals surface area contributed by atoms with E-state index in [1.807, 2.05) is 11.5 Å². The van der Waals surface area contributed by atoms with E-state index in [1.165, 1.54) is 24.3 Å². The molecule has 0 saturated carbocycles.